The fraction of sp³-hybridized carbons (Fsp3) is 0.364. The first-order chi connectivity index (χ1) is 6.79. The highest BCUT2D eigenvalue weighted by Crippen LogP contribution is 2.13. The van der Waals surface area contributed by atoms with Gasteiger partial charge in [0.05, 0.1) is 11.7 Å². The molecule has 1 unspecified atom stereocenters. The first-order valence-corrected chi connectivity index (χ1v) is 4.89. The van der Waals surface area contributed by atoms with E-state index in [9.17, 15) is 0 Å². The Hall–Kier alpha value is -1.35. The van der Waals surface area contributed by atoms with Crippen LogP contribution in [0.2, 0.25) is 0 Å². The molecule has 2 rings (SSSR count). The van der Waals surface area contributed by atoms with E-state index in [0.717, 1.165) is 11.9 Å². The molecule has 0 bridgehead atoms. The predicted molar refractivity (Wildman–Crippen MR) is 58.3 cm³/mol. The Morgan fingerprint density at radius 2 is 2.36 bits per heavy atom. The monoisotopic (exact) mass is 189 g/mol. The van der Waals surface area contributed by atoms with Gasteiger partial charge in [0.2, 0.25) is 0 Å². The number of aromatic amines is 1. The minimum atomic E-state index is 0.510. The van der Waals surface area contributed by atoms with Gasteiger partial charge < -0.3 is 5.32 Å². The van der Waals surface area contributed by atoms with Crippen LogP contribution in [0.15, 0.2) is 24.4 Å². The van der Waals surface area contributed by atoms with Crippen LogP contribution in [0.5, 0.6) is 0 Å². The third kappa shape index (κ3) is 1.77. The molecule has 0 aliphatic carbocycles. The second-order valence-electron chi connectivity index (χ2n) is 3.69. The zero-order chi connectivity index (χ0) is 9.97. The van der Waals surface area contributed by atoms with E-state index < -0.39 is 0 Å². The summed E-state index contributed by atoms with van der Waals surface area (Å²) in [4.78, 5) is 0. The zero-order valence-electron chi connectivity index (χ0n) is 8.54. The van der Waals surface area contributed by atoms with Gasteiger partial charge in [-0.3, -0.25) is 5.10 Å². The van der Waals surface area contributed by atoms with Gasteiger partial charge in [-0.2, -0.15) is 5.10 Å². The molecular formula is C11H15N3. The Kier molecular flexibility index (Phi) is 2.50. The lowest BCUT2D eigenvalue weighted by molar-refractivity contribution is 0.609. The molecule has 3 heteroatoms. The van der Waals surface area contributed by atoms with Crippen LogP contribution in [0.4, 0.5) is 0 Å². The molecule has 0 radical (unpaired) electrons. The van der Waals surface area contributed by atoms with E-state index in [1.807, 2.05) is 13.2 Å². The molecule has 2 N–H and O–H groups in total. The molecule has 3 nitrogen and oxygen atoms in total. The lowest BCUT2D eigenvalue weighted by Gasteiger charge is -2.09. The van der Waals surface area contributed by atoms with Crippen molar-refractivity contribution in [1.82, 2.24) is 15.5 Å². The number of likely N-dealkylation sites (N-methyl/N-ethyl adjacent to an activating group) is 1. The first kappa shape index (κ1) is 9.21. The van der Waals surface area contributed by atoms with Crippen molar-refractivity contribution in [2.24, 2.45) is 0 Å². The number of benzene rings is 1. The van der Waals surface area contributed by atoms with Crippen LogP contribution in [-0.4, -0.2) is 23.3 Å². The van der Waals surface area contributed by atoms with E-state index in [1.54, 1.807) is 0 Å². The number of nitrogens with zero attached hydrogens (tertiary/aromatic N) is 1. The molecular weight excluding hydrogens is 174 g/mol. The number of hydrogen-bond acceptors (Lipinski definition) is 2. The summed E-state index contributed by atoms with van der Waals surface area (Å²) in [5.41, 5.74) is 2.45. The summed E-state index contributed by atoms with van der Waals surface area (Å²) in [7, 11) is 1.99. The average Bonchev–Trinajstić information content (AvgIpc) is 2.64. The summed E-state index contributed by atoms with van der Waals surface area (Å²) < 4.78 is 0. The molecule has 1 aromatic carbocycles. The predicted octanol–water partition coefficient (Wildman–Crippen LogP) is 1.71. The second kappa shape index (κ2) is 3.80. The number of nitrogens with one attached hydrogen (secondary N) is 2. The van der Waals surface area contributed by atoms with Gasteiger partial charge in [0, 0.05) is 11.4 Å². The molecule has 0 spiro atoms. The Bertz CT molecular complexity index is 419. The van der Waals surface area contributed by atoms with Gasteiger partial charge in [-0.05, 0) is 32.0 Å². The smallest absolute Gasteiger partial charge is 0.0653 e. The number of aromatic nitrogens is 2. The van der Waals surface area contributed by atoms with Crippen molar-refractivity contribution in [1.29, 1.82) is 0 Å². The maximum Gasteiger partial charge on any atom is 0.0653 e. The molecule has 14 heavy (non-hydrogen) atoms. The van der Waals surface area contributed by atoms with E-state index in [2.05, 4.69) is 40.6 Å². The van der Waals surface area contributed by atoms with Crippen molar-refractivity contribution in [3.8, 4) is 0 Å². The molecule has 2 aromatic rings. The van der Waals surface area contributed by atoms with Crippen LogP contribution < -0.4 is 5.32 Å². The van der Waals surface area contributed by atoms with E-state index in [0.29, 0.717) is 6.04 Å². The second-order valence-corrected chi connectivity index (χ2v) is 3.69. The van der Waals surface area contributed by atoms with Crippen molar-refractivity contribution in [2.75, 3.05) is 7.05 Å². The zero-order valence-corrected chi connectivity index (χ0v) is 8.54. The summed E-state index contributed by atoms with van der Waals surface area (Å²) in [6, 6.07) is 6.94. The first-order valence-electron chi connectivity index (χ1n) is 4.89. The highest BCUT2D eigenvalue weighted by molar-refractivity contribution is 5.78. The van der Waals surface area contributed by atoms with Gasteiger partial charge in [-0.15, -0.1) is 0 Å². The standard InChI is InChI=1S/C11H15N3/c1-8(12-2)5-9-3-4-10-7-13-14-11(10)6-9/h3-4,6-8,12H,5H2,1-2H3,(H,13,14). The quantitative estimate of drug-likeness (QED) is 0.771. The van der Waals surface area contributed by atoms with Crippen molar-refractivity contribution in [3.63, 3.8) is 0 Å². The Labute approximate surface area is 83.5 Å². The van der Waals surface area contributed by atoms with Crippen molar-refractivity contribution < 1.29 is 0 Å². The van der Waals surface area contributed by atoms with Crippen LogP contribution in [0.3, 0.4) is 0 Å². The third-order valence-electron chi connectivity index (χ3n) is 2.54. The van der Waals surface area contributed by atoms with Crippen LogP contribution >= 0.6 is 0 Å². The average molecular weight is 189 g/mol. The highest BCUT2D eigenvalue weighted by atomic mass is 15.1. The Balaban J connectivity index is 2.25. The van der Waals surface area contributed by atoms with Gasteiger partial charge in [-0.1, -0.05) is 12.1 Å². The summed E-state index contributed by atoms with van der Waals surface area (Å²) in [6.45, 7) is 2.18. The Morgan fingerprint density at radius 3 is 3.14 bits per heavy atom. The van der Waals surface area contributed by atoms with Crippen LogP contribution in [-0.2, 0) is 6.42 Å². The highest BCUT2D eigenvalue weighted by Gasteiger charge is 2.02. The fourth-order valence-corrected chi connectivity index (χ4v) is 1.57. The molecule has 74 valence electrons. The lowest BCUT2D eigenvalue weighted by atomic mass is 10.1. The molecule has 1 aromatic heterocycles. The van der Waals surface area contributed by atoms with Crippen LogP contribution in [0.1, 0.15) is 12.5 Å². The van der Waals surface area contributed by atoms with Gasteiger partial charge in [-0.25, -0.2) is 0 Å². The van der Waals surface area contributed by atoms with E-state index in [-0.39, 0.29) is 0 Å². The minimum absolute atomic E-state index is 0.510. The SMILES string of the molecule is CNC(C)Cc1ccc2cn[nH]c2c1. The van der Waals surface area contributed by atoms with Crippen LogP contribution in [0, 0.1) is 0 Å². The maximum atomic E-state index is 4.00. The molecule has 0 saturated heterocycles. The maximum absolute atomic E-state index is 4.00. The van der Waals surface area contributed by atoms with Crippen LogP contribution in [0.25, 0.3) is 10.9 Å². The summed E-state index contributed by atoms with van der Waals surface area (Å²) in [5.74, 6) is 0. The largest absolute Gasteiger partial charge is 0.317 e. The molecule has 0 amide bonds. The minimum Gasteiger partial charge on any atom is -0.317 e. The Morgan fingerprint density at radius 1 is 1.50 bits per heavy atom. The molecule has 0 fully saturated rings. The van der Waals surface area contributed by atoms with E-state index in [1.165, 1.54) is 10.9 Å². The summed E-state index contributed by atoms with van der Waals surface area (Å²) in [6.07, 6.45) is 2.89. The molecule has 0 saturated carbocycles. The summed E-state index contributed by atoms with van der Waals surface area (Å²) in [5, 5.41) is 11.4. The fourth-order valence-electron chi connectivity index (χ4n) is 1.57. The van der Waals surface area contributed by atoms with E-state index in [4.69, 9.17) is 0 Å². The molecule has 1 heterocycles. The van der Waals surface area contributed by atoms with Crippen molar-refractivity contribution in [3.05, 3.63) is 30.0 Å². The van der Waals surface area contributed by atoms with Crippen molar-refractivity contribution in [2.45, 2.75) is 19.4 Å². The topological polar surface area (TPSA) is 40.7 Å². The summed E-state index contributed by atoms with van der Waals surface area (Å²) >= 11 is 0. The number of rotatable bonds is 3. The van der Waals surface area contributed by atoms with E-state index >= 15 is 0 Å². The normalized spacial score (nSPS) is 13.3. The third-order valence-corrected chi connectivity index (χ3v) is 2.54. The lowest BCUT2D eigenvalue weighted by Crippen LogP contribution is -2.23. The number of H-pyrrole nitrogens is 1. The van der Waals surface area contributed by atoms with Gasteiger partial charge in [0.25, 0.3) is 0 Å². The molecule has 0 aliphatic rings. The van der Waals surface area contributed by atoms with Gasteiger partial charge in [0.15, 0.2) is 0 Å². The van der Waals surface area contributed by atoms with Crippen molar-refractivity contribution >= 4 is 10.9 Å². The van der Waals surface area contributed by atoms with Gasteiger partial charge in [0.1, 0.15) is 0 Å². The number of hydrogen-bond donors (Lipinski definition) is 2. The molecule has 0 aliphatic heterocycles. The molecule has 1 atom stereocenters. The number of fused-ring (bicyclic) bond motifs is 1. The van der Waals surface area contributed by atoms with Gasteiger partial charge >= 0.3 is 0 Å².